The van der Waals surface area contributed by atoms with Gasteiger partial charge < -0.3 is 9.73 Å². The van der Waals surface area contributed by atoms with E-state index in [0.29, 0.717) is 21.4 Å². The molecule has 2 aromatic carbocycles. The van der Waals surface area contributed by atoms with Gasteiger partial charge in [0, 0.05) is 9.13 Å². The molecule has 0 aliphatic rings. The SMILES string of the molecule is O=C(Nc1ccc(I)cc1F)c1ccc(-c2cccc(Cl)c2Cl)o1. The molecule has 7 heteroatoms. The predicted molar refractivity (Wildman–Crippen MR) is 101 cm³/mol. The molecule has 1 amide bonds. The van der Waals surface area contributed by atoms with Crippen molar-refractivity contribution in [1.29, 1.82) is 0 Å². The van der Waals surface area contributed by atoms with E-state index in [1.807, 2.05) is 22.6 Å². The summed E-state index contributed by atoms with van der Waals surface area (Å²) in [5.41, 5.74) is 0.655. The van der Waals surface area contributed by atoms with E-state index in [4.69, 9.17) is 27.6 Å². The average molecular weight is 476 g/mol. The van der Waals surface area contributed by atoms with E-state index in [-0.39, 0.29) is 11.4 Å². The molecular formula is C17H9Cl2FINO2. The molecular weight excluding hydrogens is 467 g/mol. The van der Waals surface area contributed by atoms with Crippen LogP contribution in [0.2, 0.25) is 10.0 Å². The van der Waals surface area contributed by atoms with Gasteiger partial charge in [-0.1, -0.05) is 29.3 Å². The minimum Gasteiger partial charge on any atom is -0.451 e. The molecule has 0 bridgehead atoms. The Kier molecular flexibility index (Phi) is 5.12. The highest BCUT2D eigenvalue weighted by molar-refractivity contribution is 14.1. The van der Waals surface area contributed by atoms with Crippen molar-refractivity contribution in [3.8, 4) is 11.3 Å². The summed E-state index contributed by atoms with van der Waals surface area (Å²) in [6, 6.07) is 12.7. The van der Waals surface area contributed by atoms with Gasteiger partial charge in [0.25, 0.3) is 5.91 Å². The average Bonchev–Trinajstić information content (AvgIpc) is 3.02. The molecule has 3 rings (SSSR count). The van der Waals surface area contributed by atoms with E-state index in [2.05, 4.69) is 5.32 Å². The largest absolute Gasteiger partial charge is 0.451 e. The second kappa shape index (κ2) is 7.13. The van der Waals surface area contributed by atoms with Crippen LogP contribution < -0.4 is 5.32 Å². The molecule has 0 fully saturated rings. The fourth-order valence-corrected chi connectivity index (χ4v) is 2.92. The smallest absolute Gasteiger partial charge is 0.291 e. The Morgan fingerprint density at radius 1 is 1.12 bits per heavy atom. The zero-order valence-electron chi connectivity index (χ0n) is 11.9. The molecule has 0 atom stereocenters. The van der Waals surface area contributed by atoms with Crippen LogP contribution in [-0.2, 0) is 0 Å². The fraction of sp³-hybridized carbons (Fsp3) is 0. The number of hydrogen-bond acceptors (Lipinski definition) is 2. The van der Waals surface area contributed by atoms with Crippen LogP contribution in [0.5, 0.6) is 0 Å². The number of rotatable bonds is 3. The van der Waals surface area contributed by atoms with Crippen LogP contribution in [0, 0.1) is 9.39 Å². The number of nitrogens with one attached hydrogen (secondary N) is 1. The molecule has 3 aromatic rings. The number of amides is 1. The lowest BCUT2D eigenvalue weighted by Crippen LogP contribution is -2.12. The lowest BCUT2D eigenvalue weighted by atomic mass is 10.2. The molecule has 1 N–H and O–H groups in total. The summed E-state index contributed by atoms with van der Waals surface area (Å²) in [5, 5.41) is 3.20. The van der Waals surface area contributed by atoms with E-state index >= 15 is 0 Å². The molecule has 0 unspecified atom stereocenters. The Morgan fingerprint density at radius 2 is 1.92 bits per heavy atom. The lowest BCUT2D eigenvalue weighted by Gasteiger charge is -2.05. The van der Waals surface area contributed by atoms with E-state index in [9.17, 15) is 9.18 Å². The highest BCUT2D eigenvalue weighted by Crippen LogP contribution is 2.34. The number of furan rings is 1. The first-order chi connectivity index (χ1) is 11.5. The van der Waals surface area contributed by atoms with Gasteiger partial charge in [-0.2, -0.15) is 0 Å². The second-order valence-corrected chi connectivity index (χ2v) is 6.87. The van der Waals surface area contributed by atoms with Gasteiger partial charge in [-0.15, -0.1) is 0 Å². The van der Waals surface area contributed by atoms with Gasteiger partial charge in [0.05, 0.1) is 15.7 Å². The molecule has 0 saturated heterocycles. The summed E-state index contributed by atoms with van der Waals surface area (Å²) in [7, 11) is 0. The van der Waals surface area contributed by atoms with Gasteiger partial charge in [0.1, 0.15) is 11.6 Å². The molecule has 1 heterocycles. The van der Waals surface area contributed by atoms with Gasteiger partial charge in [-0.25, -0.2) is 4.39 Å². The fourth-order valence-electron chi connectivity index (χ4n) is 2.07. The number of halogens is 4. The quantitative estimate of drug-likeness (QED) is 0.455. The number of benzene rings is 2. The van der Waals surface area contributed by atoms with Gasteiger partial charge in [-0.05, 0) is 65.1 Å². The first-order valence-corrected chi connectivity index (χ1v) is 8.60. The first kappa shape index (κ1) is 17.3. The minimum absolute atomic E-state index is 0.0407. The lowest BCUT2D eigenvalue weighted by molar-refractivity contribution is 0.0997. The third-order valence-corrected chi connectivity index (χ3v) is 4.72. The molecule has 0 radical (unpaired) electrons. The Hall–Kier alpha value is -1.57. The van der Waals surface area contributed by atoms with Crippen molar-refractivity contribution in [3.05, 3.63) is 73.7 Å². The van der Waals surface area contributed by atoms with Crippen molar-refractivity contribution in [2.45, 2.75) is 0 Å². The maximum Gasteiger partial charge on any atom is 0.291 e. The van der Waals surface area contributed by atoms with Crippen LogP contribution >= 0.6 is 45.8 Å². The summed E-state index contributed by atoms with van der Waals surface area (Å²) in [5.74, 6) is -0.630. The molecule has 3 nitrogen and oxygen atoms in total. The van der Waals surface area contributed by atoms with Gasteiger partial charge in [0.2, 0.25) is 0 Å². The minimum atomic E-state index is -0.556. The second-order valence-electron chi connectivity index (χ2n) is 4.84. The zero-order valence-corrected chi connectivity index (χ0v) is 15.6. The highest BCUT2D eigenvalue weighted by atomic mass is 127. The van der Waals surface area contributed by atoms with Crippen LogP contribution in [0.25, 0.3) is 11.3 Å². The highest BCUT2D eigenvalue weighted by Gasteiger charge is 2.16. The molecule has 122 valence electrons. The van der Waals surface area contributed by atoms with Gasteiger partial charge >= 0.3 is 0 Å². The molecule has 0 spiro atoms. The maximum atomic E-state index is 13.8. The van der Waals surface area contributed by atoms with E-state index in [1.54, 1.807) is 30.3 Å². The third-order valence-electron chi connectivity index (χ3n) is 3.23. The Labute approximate surface area is 160 Å². The van der Waals surface area contributed by atoms with Crippen LogP contribution in [-0.4, -0.2) is 5.91 Å². The zero-order chi connectivity index (χ0) is 17.3. The Morgan fingerprint density at radius 3 is 2.67 bits per heavy atom. The van der Waals surface area contributed by atoms with E-state index in [1.165, 1.54) is 18.2 Å². The summed E-state index contributed by atoms with van der Waals surface area (Å²) in [4.78, 5) is 12.2. The number of carbonyl (C=O) groups is 1. The van der Waals surface area contributed by atoms with Crippen molar-refractivity contribution in [3.63, 3.8) is 0 Å². The summed E-state index contributed by atoms with van der Waals surface area (Å²) < 4.78 is 20.1. The van der Waals surface area contributed by atoms with Gasteiger partial charge in [0.15, 0.2) is 5.76 Å². The monoisotopic (exact) mass is 475 g/mol. The van der Waals surface area contributed by atoms with Crippen LogP contribution in [0.1, 0.15) is 10.6 Å². The predicted octanol–water partition coefficient (Wildman–Crippen LogP) is 6.25. The molecule has 24 heavy (non-hydrogen) atoms. The number of anilines is 1. The molecule has 0 saturated carbocycles. The summed E-state index contributed by atoms with van der Waals surface area (Å²) in [6.45, 7) is 0. The van der Waals surface area contributed by atoms with Crippen molar-refractivity contribution in [1.82, 2.24) is 0 Å². The molecule has 1 aromatic heterocycles. The third kappa shape index (κ3) is 3.58. The summed E-state index contributed by atoms with van der Waals surface area (Å²) in [6.07, 6.45) is 0. The van der Waals surface area contributed by atoms with Crippen LogP contribution in [0.3, 0.4) is 0 Å². The number of carbonyl (C=O) groups excluding carboxylic acids is 1. The topological polar surface area (TPSA) is 42.2 Å². The van der Waals surface area contributed by atoms with Crippen molar-refractivity contribution in [2.24, 2.45) is 0 Å². The Bertz CT molecular complexity index is 927. The Balaban J connectivity index is 1.85. The molecule has 0 aliphatic carbocycles. The summed E-state index contributed by atoms with van der Waals surface area (Å²) >= 11 is 14.1. The van der Waals surface area contributed by atoms with E-state index < -0.39 is 11.7 Å². The van der Waals surface area contributed by atoms with Crippen molar-refractivity contribution >= 4 is 57.4 Å². The van der Waals surface area contributed by atoms with Crippen LogP contribution in [0.15, 0.2) is 52.9 Å². The van der Waals surface area contributed by atoms with Gasteiger partial charge in [-0.3, -0.25) is 4.79 Å². The standard InChI is InChI=1S/C17H9Cl2FINO2/c18-11-3-1-2-10(16(11)19)14-6-7-15(24-14)17(23)22-13-5-4-9(21)8-12(13)20/h1-8H,(H,22,23). The normalized spacial score (nSPS) is 10.7. The van der Waals surface area contributed by atoms with Crippen molar-refractivity contribution in [2.75, 3.05) is 5.32 Å². The first-order valence-electron chi connectivity index (χ1n) is 6.76. The van der Waals surface area contributed by atoms with Crippen LogP contribution in [0.4, 0.5) is 10.1 Å². The maximum absolute atomic E-state index is 13.8. The molecule has 0 aliphatic heterocycles. The van der Waals surface area contributed by atoms with Crippen molar-refractivity contribution < 1.29 is 13.6 Å². The van der Waals surface area contributed by atoms with E-state index in [0.717, 1.165) is 3.57 Å². The number of hydrogen-bond donors (Lipinski definition) is 1.